The molecule has 9 nitrogen and oxygen atoms in total. The largest absolute Gasteiger partial charge is 0.361 e. The Balaban J connectivity index is 1.24. The first kappa shape index (κ1) is 27.5. The lowest BCUT2D eigenvalue weighted by atomic mass is 10.1. The molecule has 0 bridgehead atoms. The van der Waals surface area contributed by atoms with Crippen LogP contribution in [0.2, 0.25) is 0 Å². The molecular weight excluding hydrogens is 538 g/mol. The summed E-state index contributed by atoms with van der Waals surface area (Å²) in [7, 11) is 0. The molecule has 5 rings (SSSR count). The zero-order valence-corrected chi connectivity index (χ0v) is 23.0. The van der Waals surface area contributed by atoms with Crippen LogP contribution >= 0.6 is 11.8 Å². The Labute approximate surface area is 240 Å². The number of hydrogen-bond acceptors (Lipinski definition) is 6. The summed E-state index contributed by atoms with van der Waals surface area (Å²) in [6, 6.07) is 25.4. The van der Waals surface area contributed by atoms with Crippen molar-refractivity contribution in [3.8, 4) is 0 Å². The van der Waals surface area contributed by atoms with E-state index in [1.165, 1.54) is 11.8 Å². The fraction of sp³-hybridized carbons (Fsp3) is 0.0968. The van der Waals surface area contributed by atoms with E-state index in [0.717, 1.165) is 21.4 Å². The molecule has 0 unspecified atom stereocenters. The van der Waals surface area contributed by atoms with Crippen molar-refractivity contribution in [2.45, 2.75) is 18.2 Å². The summed E-state index contributed by atoms with van der Waals surface area (Å²) >= 11 is 1.52. The summed E-state index contributed by atoms with van der Waals surface area (Å²) in [4.78, 5) is 42.5. The maximum absolute atomic E-state index is 13.4. The number of aromatic amines is 1. The minimum absolute atomic E-state index is 0.107. The molecular formula is C31H27N5O4S. The second-order valence-corrected chi connectivity index (χ2v) is 10.3. The van der Waals surface area contributed by atoms with E-state index in [1.807, 2.05) is 42.5 Å². The lowest BCUT2D eigenvalue weighted by Gasteiger charge is -2.12. The Hall–Kier alpha value is -5.09. The van der Waals surface area contributed by atoms with Crippen molar-refractivity contribution in [1.82, 2.24) is 15.5 Å². The minimum atomic E-state index is -0.459. The number of aromatic nitrogens is 2. The molecule has 206 valence electrons. The Morgan fingerprint density at radius 1 is 0.951 bits per heavy atom. The number of nitrogens with one attached hydrogen (secondary N) is 4. The predicted octanol–water partition coefficient (Wildman–Crippen LogP) is 5.99. The van der Waals surface area contributed by atoms with Gasteiger partial charge in [-0.1, -0.05) is 41.6 Å². The van der Waals surface area contributed by atoms with Gasteiger partial charge in [0.15, 0.2) is 5.82 Å². The summed E-state index contributed by atoms with van der Waals surface area (Å²) in [5.74, 6) is 0.594. The van der Waals surface area contributed by atoms with Crippen LogP contribution in [0.15, 0.2) is 106 Å². The number of hydrogen-bond donors (Lipinski definition) is 4. The smallest absolute Gasteiger partial charge is 0.272 e. The fourth-order valence-electron chi connectivity index (χ4n) is 4.04. The molecule has 3 aromatic carbocycles. The number of H-pyrrole nitrogens is 1. The van der Waals surface area contributed by atoms with Crippen molar-refractivity contribution < 1.29 is 18.9 Å². The van der Waals surface area contributed by atoms with Crippen molar-refractivity contribution >= 4 is 58.0 Å². The van der Waals surface area contributed by atoms with Crippen LogP contribution in [-0.2, 0) is 9.59 Å². The lowest BCUT2D eigenvalue weighted by Crippen LogP contribution is -2.30. The van der Waals surface area contributed by atoms with Gasteiger partial charge in [-0.25, -0.2) is 0 Å². The van der Waals surface area contributed by atoms with Gasteiger partial charge in [0, 0.05) is 57.0 Å². The molecule has 0 saturated carbocycles. The number of amides is 3. The number of benzene rings is 3. The molecule has 4 N–H and O–H groups in total. The van der Waals surface area contributed by atoms with Crippen molar-refractivity contribution in [1.29, 1.82) is 0 Å². The molecule has 5 aromatic rings. The summed E-state index contributed by atoms with van der Waals surface area (Å²) in [5.41, 5.74) is 2.81. The van der Waals surface area contributed by atoms with Gasteiger partial charge in [0.25, 0.3) is 11.8 Å². The van der Waals surface area contributed by atoms with Gasteiger partial charge in [-0.3, -0.25) is 14.4 Å². The third kappa shape index (κ3) is 7.31. The number of aryl methyl sites for hydroxylation is 1. The van der Waals surface area contributed by atoms with Crippen LogP contribution in [0.4, 0.5) is 11.5 Å². The molecule has 0 saturated heterocycles. The van der Waals surface area contributed by atoms with E-state index in [0.29, 0.717) is 35.0 Å². The van der Waals surface area contributed by atoms with Crippen LogP contribution in [-0.4, -0.2) is 33.6 Å². The first-order valence-electron chi connectivity index (χ1n) is 12.9. The van der Waals surface area contributed by atoms with E-state index in [4.69, 9.17) is 4.52 Å². The molecule has 0 fully saturated rings. The number of anilines is 2. The number of rotatable bonds is 10. The number of carbonyl (C=O) groups excluding carboxylic acids is 3. The lowest BCUT2D eigenvalue weighted by molar-refractivity contribution is -0.116. The molecule has 0 aliphatic heterocycles. The Kier molecular flexibility index (Phi) is 8.61. The second-order valence-electron chi connectivity index (χ2n) is 9.12. The van der Waals surface area contributed by atoms with Gasteiger partial charge in [-0.05, 0) is 55.5 Å². The van der Waals surface area contributed by atoms with E-state index in [-0.39, 0.29) is 17.5 Å². The van der Waals surface area contributed by atoms with Gasteiger partial charge in [-0.15, -0.1) is 11.8 Å². The highest BCUT2D eigenvalue weighted by Crippen LogP contribution is 2.23. The van der Waals surface area contributed by atoms with Gasteiger partial charge >= 0.3 is 0 Å². The summed E-state index contributed by atoms with van der Waals surface area (Å²) in [5, 5.41) is 13.0. The molecule has 0 radical (unpaired) electrons. The van der Waals surface area contributed by atoms with Gasteiger partial charge in [0.05, 0.1) is 0 Å². The van der Waals surface area contributed by atoms with Crippen molar-refractivity contribution in [2.75, 3.05) is 16.4 Å². The highest BCUT2D eigenvalue weighted by molar-refractivity contribution is 7.99. The third-order valence-corrected chi connectivity index (χ3v) is 7.07. The second kappa shape index (κ2) is 12.8. The maximum Gasteiger partial charge on any atom is 0.272 e. The summed E-state index contributed by atoms with van der Waals surface area (Å²) < 4.78 is 4.95. The van der Waals surface area contributed by atoms with Gasteiger partial charge in [-0.2, -0.15) is 0 Å². The van der Waals surface area contributed by atoms with Crippen LogP contribution in [0.3, 0.4) is 0 Å². The van der Waals surface area contributed by atoms with Crippen molar-refractivity contribution in [2.24, 2.45) is 0 Å². The Morgan fingerprint density at radius 3 is 2.46 bits per heavy atom. The number of fused-ring (bicyclic) bond motifs is 1. The van der Waals surface area contributed by atoms with Crippen LogP contribution in [0.1, 0.15) is 28.1 Å². The average molecular weight is 566 g/mol. The number of carbonyl (C=O) groups is 3. The molecule has 0 spiro atoms. The molecule has 10 heteroatoms. The van der Waals surface area contributed by atoms with E-state index in [2.05, 4.69) is 26.1 Å². The van der Waals surface area contributed by atoms with Crippen LogP contribution < -0.4 is 16.0 Å². The highest BCUT2D eigenvalue weighted by atomic mass is 32.2. The summed E-state index contributed by atoms with van der Waals surface area (Å²) in [6.07, 6.45) is 3.76. The van der Waals surface area contributed by atoms with E-state index >= 15 is 0 Å². The third-order valence-electron chi connectivity index (χ3n) is 6.06. The molecule has 2 heterocycles. The normalized spacial score (nSPS) is 11.3. The predicted molar refractivity (Wildman–Crippen MR) is 160 cm³/mol. The number of para-hydroxylation sites is 1. The first-order valence-corrected chi connectivity index (χ1v) is 13.8. The molecule has 2 aromatic heterocycles. The first-order chi connectivity index (χ1) is 19.9. The van der Waals surface area contributed by atoms with Gasteiger partial charge < -0.3 is 25.5 Å². The zero-order chi connectivity index (χ0) is 28.6. The topological polar surface area (TPSA) is 129 Å². The SMILES string of the molecule is Cc1cc(NC(=O)CCSc2ccc(NC(=O)/C(=C\c3c[nH]c4ccccc34)NC(=O)c3ccccc3)cc2)no1. The van der Waals surface area contributed by atoms with Gasteiger partial charge in [0.1, 0.15) is 11.5 Å². The van der Waals surface area contributed by atoms with E-state index < -0.39 is 5.91 Å². The molecule has 41 heavy (non-hydrogen) atoms. The average Bonchev–Trinajstić information content (AvgIpc) is 3.59. The van der Waals surface area contributed by atoms with Gasteiger partial charge in [0.2, 0.25) is 5.91 Å². The number of nitrogens with zero attached hydrogens (tertiary/aromatic N) is 1. The maximum atomic E-state index is 13.4. The number of thioether (sulfide) groups is 1. The monoisotopic (exact) mass is 565 g/mol. The van der Waals surface area contributed by atoms with E-state index in [1.54, 1.807) is 61.7 Å². The van der Waals surface area contributed by atoms with Crippen molar-refractivity contribution in [3.05, 3.63) is 114 Å². The Morgan fingerprint density at radius 2 is 1.71 bits per heavy atom. The van der Waals surface area contributed by atoms with E-state index in [9.17, 15) is 14.4 Å². The fourth-order valence-corrected chi connectivity index (χ4v) is 4.89. The van der Waals surface area contributed by atoms with Crippen LogP contribution in [0, 0.1) is 6.92 Å². The van der Waals surface area contributed by atoms with Crippen LogP contribution in [0.25, 0.3) is 17.0 Å². The highest BCUT2D eigenvalue weighted by Gasteiger charge is 2.16. The molecule has 0 atom stereocenters. The standard InChI is InChI=1S/C31H27N5O4S/c1-20-17-28(36-40-20)35-29(37)15-16-41-24-13-11-23(12-14-24)33-31(39)27(34-30(38)21-7-3-2-4-8-21)18-22-19-32-26-10-6-5-9-25(22)26/h2-14,17-19,32H,15-16H2,1H3,(H,33,39)(H,34,38)(H,35,36,37)/b27-18+. The van der Waals surface area contributed by atoms with Crippen molar-refractivity contribution in [3.63, 3.8) is 0 Å². The summed E-state index contributed by atoms with van der Waals surface area (Å²) in [6.45, 7) is 1.76. The molecule has 3 amide bonds. The minimum Gasteiger partial charge on any atom is -0.361 e. The zero-order valence-electron chi connectivity index (χ0n) is 22.1. The molecule has 0 aliphatic carbocycles. The Bertz CT molecular complexity index is 1710. The van der Waals surface area contributed by atoms with Crippen LogP contribution in [0.5, 0.6) is 0 Å². The quantitative estimate of drug-likeness (QED) is 0.122. The molecule has 0 aliphatic rings.